The average molecular weight is 308 g/mol. The van der Waals surface area contributed by atoms with Crippen LogP contribution in [0.15, 0.2) is 6.07 Å². The van der Waals surface area contributed by atoms with E-state index in [0.717, 1.165) is 36.5 Å². The molecule has 5 heteroatoms. The van der Waals surface area contributed by atoms with E-state index < -0.39 is 0 Å². The molecule has 0 amide bonds. The van der Waals surface area contributed by atoms with Gasteiger partial charge in [0.15, 0.2) is 0 Å². The first-order chi connectivity index (χ1) is 9.99. The second kappa shape index (κ2) is 7.34. The van der Waals surface area contributed by atoms with E-state index in [-0.39, 0.29) is 5.41 Å². The Hall–Kier alpha value is -0.970. The van der Waals surface area contributed by atoms with E-state index in [9.17, 15) is 0 Å². The third kappa shape index (κ3) is 5.06. The zero-order valence-corrected chi connectivity index (χ0v) is 14.5. The Balaban J connectivity index is 2.07. The Morgan fingerprint density at radius 1 is 1.14 bits per heavy atom. The molecule has 0 atom stereocenters. The van der Waals surface area contributed by atoms with Gasteiger partial charge < -0.3 is 10.6 Å². The van der Waals surface area contributed by atoms with E-state index >= 15 is 0 Å². The third-order valence-electron chi connectivity index (χ3n) is 3.67. The minimum atomic E-state index is -0.0384. The zero-order valence-electron chi connectivity index (χ0n) is 13.7. The summed E-state index contributed by atoms with van der Waals surface area (Å²) in [5, 5.41) is 6.83. The zero-order chi connectivity index (χ0) is 15.3. The molecule has 2 heterocycles. The van der Waals surface area contributed by atoms with Crippen LogP contribution in [0.25, 0.3) is 0 Å². The molecule has 0 saturated carbocycles. The van der Waals surface area contributed by atoms with E-state index in [1.807, 2.05) is 6.07 Å². The predicted molar refractivity (Wildman–Crippen MR) is 93.4 cm³/mol. The van der Waals surface area contributed by atoms with Crippen LogP contribution in [0.5, 0.6) is 0 Å². The lowest BCUT2D eigenvalue weighted by Gasteiger charge is -2.23. The molecule has 0 spiro atoms. The minimum absolute atomic E-state index is 0.0384. The van der Waals surface area contributed by atoms with Crippen LogP contribution in [-0.4, -0.2) is 34.6 Å². The number of aromatic nitrogens is 2. The van der Waals surface area contributed by atoms with Crippen molar-refractivity contribution in [2.45, 2.75) is 46.0 Å². The van der Waals surface area contributed by atoms with Crippen LogP contribution in [0.4, 0.5) is 11.6 Å². The van der Waals surface area contributed by atoms with Crippen molar-refractivity contribution in [3.05, 3.63) is 11.9 Å². The van der Waals surface area contributed by atoms with Crippen molar-refractivity contribution in [1.29, 1.82) is 0 Å². The monoisotopic (exact) mass is 308 g/mol. The van der Waals surface area contributed by atoms with Crippen LogP contribution in [0, 0.1) is 5.92 Å². The molecule has 0 radical (unpaired) electrons. The quantitative estimate of drug-likeness (QED) is 0.867. The summed E-state index contributed by atoms with van der Waals surface area (Å²) in [6.45, 7) is 10.4. The molecule has 0 unspecified atom stereocenters. The van der Waals surface area contributed by atoms with E-state index in [4.69, 9.17) is 4.98 Å². The summed E-state index contributed by atoms with van der Waals surface area (Å²) in [6.07, 6.45) is 2.63. The molecule has 118 valence electrons. The fourth-order valence-corrected chi connectivity index (χ4v) is 3.55. The number of nitrogens with zero attached hydrogens (tertiary/aromatic N) is 2. The van der Waals surface area contributed by atoms with Gasteiger partial charge in [0.05, 0.1) is 0 Å². The number of hydrogen-bond donors (Lipinski definition) is 2. The van der Waals surface area contributed by atoms with Crippen LogP contribution in [0.1, 0.15) is 46.4 Å². The van der Waals surface area contributed by atoms with E-state index in [0.29, 0.717) is 0 Å². The molecule has 1 aliphatic heterocycles. The highest BCUT2D eigenvalue weighted by Crippen LogP contribution is 2.25. The smallest absolute Gasteiger partial charge is 0.138 e. The van der Waals surface area contributed by atoms with Crippen LogP contribution in [-0.2, 0) is 5.41 Å². The Bertz CT molecular complexity index is 450. The number of rotatable bonds is 5. The lowest BCUT2D eigenvalue weighted by atomic mass is 9.96. The SMILES string of the molecule is CCNc1cc(NCC2CCSCC2)nc(C(C)(C)C)n1. The van der Waals surface area contributed by atoms with Crippen LogP contribution < -0.4 is 10.6 Å². The molecule has 21 heavy (non-hydrogen) atoms. The van der Waals surface area contributed by atoms with Crippen molar-refractivity contribution < 1.29 is 0 Å². The number of hydrogen-bond acceptors (Lipinski definition) is 5. The summed E-state index contributed by atoms with van der Waals surface area (Å²) in [5.74, 6) is 6.13. The maximum atomic E-state index is 4.70. The van der Waals surface area contributed by atoms with E-state index in [2.05, 4.69) is 55.1 Å². The van der Waals surface area contributed by atoms with Gasteiger partial charge in [-0.1, -0.05) is 20.8 Å². The second-order valence-corrected chi connectivity index (χ2v) is 7.90. The van der Waals surface area contributed by atoms with Gasteiger partial charge in [-0.2, -0.15) is 11.8 Å². The largest absolute Gasteiger partial charge is 0.370 e. The van der Waals surface area contributed by atoms with Gasteiger partial charge in [0.1, 0.15) is 17.5 Å². The highest BCUT2D eigenvalue weighted by atomic mass is 32.2. The van der Waals surface area contributed by atoms with Crippen molar-refractivity contribution in [3.8, 4) is 0 Å². The van der Waals surface area contributed by atoms with Gasteiger partial charge in [-0.3, -0.25) is 0 Å². The van der Waals surface area contributed by atoms with Gasteiger partial charge in [0.25, 0.3) is 0 Å². The minimum Gasteiger partial charge on any atom is -0.370 e. The maximum Gasteiger partial charge on any atom is 0.138 e. The standard InChI is InChI=1S/C16H28N4S/c1-5-17-13-10-14(20-15(19-13)16(2,3)4)18-11-12-6-8-21-9-7-12/h10,12H,5-9,11H2,1-4H3,(H2,17,18,19,20). The van der Waals surface area contributed by atoms with Crippen molar-refractivity contribution in [3.63, 3.8) is 0 Å². The van der Waals surface area contributed by atoms with Gasteiger partial charge in [-0.05, 0) is 37.2 Å². The predicted octanol–water partition coefficient (Wildman–Crippen LogP) is 3.76. The first-order valence-electron chi connectivity index (χ1n) is 7.94. The number of nitrogens with one attached hydrogen (secondary N) is 2. The fourth-order valence-electron chi connectivity index (χ4n) is 2.34. The van der Waals surface area contributed by atoms with Gasteiger partial charge in [0.2, 0.25) is 0 Å². The Labute approximate surface area is 132 Å². The van der Waals surface area contributed by atoms with E-state index in [1.165, 1.54) is 24.3 Å². The van der Waals surface area contributed by atoms with Gasteiger partial charge in [0, 0.05) is 24.6 Å². The van der Waals surface area contributed by atoms with Crippen LogP contribution in [0.3, 0.4) is 0 Å². The molecule has 1 aromatic rings. The molecule has 0 aliphatic carbocycles. The number of thioether (sulfide) groups is 1. The molecule has 0 bridgehead atoms. The highest BCUT2D eigenvalue weighted by Gasteiger charge is 2.20. The molecule has 2 N–H and O–H groups in total. The molecule has 1 aliphatic rings. The normalized spacial score (nSPS) is 16.8. The molecule has 2 rings (SSSR count). The summed E-state index contributed by atoms with van der Waals surface area (Å²) in [5.41, 5.74) is -0.0384. The Morgan fingerprint density at radius 2 is 1.76 bits per heavy atom. The first kappa shape index (κ1) is 16.4. The molecule has 1 saturated heterocycles. The lowest BCUT2D eigenvalue weighted by molar-refractivity contribution is 0.513. The molecular formula is C16H28N4S. The fraction of sp³-hybridized carbons (Fsp3) is 0.750. The Morgan fingerprint density at radius 3 is 2.33 bits per heavy atom. The van der Waals surface area contributed by atoms with Crippen LogP contribution >= 0.6 is 11.8 Å². The van der Waals surface area contributed by atoms with E-state index in [1.54, 1.807) is 0 Å². The lowest BCUT2D eigenvalue weighted by Crippen LogP contribution is -2.22. The molecular weight excluding hydrogens is 280 g/mol. The third-order valence-corrected chi connectivity index (χ3v) is 4.72. The average Bonchev–Trinajstić information content (AvgIpc) is 2.45. The topological polar surface area (TPSA) is 49.8 Å². The first-order valence-corrected chi connectivity index (χ1v) is 9.09. The summed E-state index contributed by atoms with van der Waals surface area (Å²) < 4.78 is 0. The molecule has 1 aromatic heterocycles. The summed E-state index contributed by atoms with van der Waals surface area (Å²) in [6, 6.07) is 2.02. The van der Waals surface area contributed by atoms with Gasteiger partial charge in [-0.25, -0.2) is 9.97 Å². The molecule has 1 fully saturated rings. The summed E-state index contributed by atoms with van der Waals surface area (Å²) >= 11 is 2.07. The second-order valence-electron chi connectivity index (χ2n) is 6.68. The highest BCUT2D eigenvalue weighted by molar-refractivity contribution is 7.99. The van der Waals surface area contributed by atoms with Crippen molar-refractivity contribution in [1.82, 2.24) is 9.97 Å². The van der Waals surface area contributed by atoms with Crippen molar-refractivity contribution >= 4 is 23.4 Å². The van der Waals surface area contributed by atoms with Gasteiger partial charge >= 0.3 is 0 Å². The van der Waals surface area contributed by atoms with Crippen LogP contribution in [0.2, 0.25) is 0 Å². The molecule has 4 nitrogen and oxygen atoms in total. The maximum absolute atomic E-state index is 4.70. The van der Waals surface area contributed by atoms with Crippen molar-refractivity contribution in [2.75, 3.05) is 35.2 Å². The summed E-state index contributed by atoms with van der Waals surface area (Å²) in [4.78, 5) is 9.33. The van der Waals surface area contributed by atoms with Gasteiger partial charge in [-0.15, -0.1) is 0 Å². The Kier molecular flexibility index (Phi) is 5.73. The molecule has 0 aromatic carbocycles. The van der Waals surface area contributed by atoms with Crippen molar-refractivity contribution in [2.24, 2.45) is 5.92 Å². The number of anilines is 2. The summed E-state index contributed by atoms with van der Waals surface area (Å²) in [7, 11) is 0.